The summed E-state index contributed by atoms with van der Waals surface area (Å²) in [6, 6.07) is 3.85. The molecule has 5 aliphatic rings. The topological polar surface area (TPSA) is 181 Å². The van der Waals surface area contributed by atoms with Crippen molar-refractivity contribution < 1.29 is 52.8 Å². The highest BCUT2D eigenvalue weighted by molar-refractivity contribution is 8.00. The van der Waals surface area contributed by atoms with Crippen LogP contribution in [0, 0.1) is 30.6 Å². The SMILES string of the molecule is CCC(=O)C1CCC(CN2C(=O)CC(SCCCO[C@@H](C)C(=O)O[C@H]3CC(=O)N(C)c4cc(cc(C)c4Cl)C/C(C)=C/C=C/[C@@H](C)[C@@]4(O)C[C@H](OC(=O)N4)[C@@H](C)[C@@H]4O[C@@]34C)C2=O)CC1. The standard InChI is InChI=1S/C48H66ClN3O11S/c1-9-36(53)34-16-14-32(15-17-34)26-52-41(55)23-38(44(52)56)64-19-11-18-60-31(6)45(57)62-39-24-40(54)51(8)35-22-33(21-28(3)42(35)49)20-27(2)12-10-13-29(4)48(59)25-37(61-46(58)50-48)30(5)43-47(39,7)63-43/h10,12-13,21-22,29-32,34,37-39,43,59H,9,11,14-20,23-26H2,1-8H3,(H,50,58)/b13-10+,27-12+/t29-,30-,31+,32?,34?,37+,38?,39+,43+,47+,48+/m1/s1. The van der Waals surface area contributed by atoms with Crippen molar-refractivity contribution in [1.82, 2.24) is 10.2 Å². The number of hydrogen-bond acceptors (Lipinski definition) is 12. The number of benzene rings is 1. The summed E-state index contributed by atoms with van der Waals surface area (Å²) in [6.07, 6.45) is 6.27. The number of aryl methyl sites for hydroxylation is 1. The first-order valence-electron chi connectivity index (χ1n) is 22.8. The fourth-order valence-electron chi connectivity index (χ4n) is 9.58. The molecule has 16 heteroatoms. The van der Waals surface area contributed by atoms with Crippen molar-refractivity contribution in [3.8, 4) is 0 Å². The minimum atomic E-state index is -1.61. The lowest BCUT2D eigenvalue weighted by Gasteiger charge is -2.41. The number of nitrogens with one attached hydrogen (secondary N) is 1. The number of aliphatic hydroxyl groups is 1. The summed E-state index contributed by atoms with van der Waals surface area (Å²) in [4.78, 5) is 81.9. The van der Waals surface area contributed by atoms with Gasteiger partial charge in [-0.05, 0) is 95.1 Å². The highest BCUT2D eigenvalue weighted by Crippen LogP contribution is 2.49. The number of likely N-dealkylation sites (tertiary alicyclic amines) is 1. The highest BCUT2D eigenvalue weighted by Gasteiger charge is 2.64. The first-order valence-corrected chi connectivity index (χ1v) is 24.3. The predicted molar refractivity (Wildman–Crippen MR) is 244 cm³/mol. The highest BCUT2D eigenvalue weighted by atomic mass is 35.5. The molecule has 4 bridgehead atoms. The number of halogens is 1. The Balaban J connectivity index is 1.09. The number of ketones is 1. The summed E-state index contributed by atoms with van der Waals surface area (Å²) in [5.74, 6) is -1.22. The van der Waals surface area contributed by atoms with E-state index in [2.05, 4.69) is 5.32 Å². The molecule has 0 radical (unpaired) electrons. The molecular formula is C48H66ClN3O11S. The van der Waals surface area contributed by atoms with Gasteiger partial charge in [-0.25, -0.2) is 9.59 Å². The third kappa shape index (κ3) is 11.4. The molecule has 4 fully saturated rings. The number of esters is 1. The lowest BCUT2D eigenvalue weighted by atomic mass is 9.79. The number of ether oxygens (including phenoxy) is 4. The van der Waals surface area contributed by atoms with Gasteiger partial charge in [0.1, 0.15) is 29.3 Å². The van der Waals surface area contributed by atoms with Crippen LogP contribution in [0.15, 0.2) is 35.9 Å². The van der Waals surface area contributed by atoms with E-state index in [9.17, 15) is 33.9 Å². The van der Waals surface area contributed by atoms with Crippen molar-refractivity contribution in [1.29, 1.82) is 0 Å². The van der Waals surface area contributed by atoms with Gasteiger partial charge in [0.25, 0.3) is 0 Å². The van der Waals surface area contributed by atoms with E-state index in [1.165, 1.54) is 21.6 Å². The fourth-order valence-corrected chi connectivity index (χ4v) is 10.9. The lowest BCUT2D eigenvalue weighted by Crippen LogP contribution is -2.60. The zero-order chi connectivity index (χ0) is 46.7. The zero-order valence-corrected chi connectivity index (χ0v) is 40.1. The van der Waals surface area contributed by atoms with Gasteiger partial charge in [0, 0.05) is 57.2 Å². The normalized spacial score (nSPS) is 34.2. The van der Waals surface area contributed by atoms with Gasteiger partial charge in [0.15, 0.2) is 6.10 Å². The number of alkyl carbamates (subject to hydrolysis) is 1. The molecule has 0 aromatic heterocycles. The van der Waals surface area contributed by atoms with Crippen molar-refractivity contribution in [3.05, 3.63) is 52.1 Å². The first kappa shape index (κ1) is 49.7. The van der Waals surface area contributed by atoms with E-state index in [0.717, 1.165) is 42.4 Å². The van der Waals surface area contributed by atoms with Crippen molar-refractivity contribution in [2.75, 3.05) is 30.9 Å². The number of allylic oxidation sites excluding steroid dienone is 3. The van der Waals surface area contributed by atoms with E-state index >= 15 is 0 Å². The largest absolute Gasteiger partial charge is 0.457 e. The molecule has 4 heterocycles. The summed E-state index contributed by atoms with van der Waals surface area (Å²) >= 11 is 8.22. The van der Waals surface area contributed by atoms with Crippen molar-refractivity contribution in [2.24, 2.45) is 23.7 Å². The second-order valence-electron chi connectivity index (χ2n) is 18.8. The number of nitrogens with zero attached hydrogens (tertiary/aromatic N) is 2. The van der Waals surface area contributed by atoms with Gasteiger partial charge < -0.3 is 29.0 Å². The molecule has 1 aliphatic carbocycles. The van der Waals surface area contributed by atoms with Crippen LogP contribution in [0.4, 0.5) is 10.5 Å². The molecule has 1 aromatic rings. The molecule has 1 unspecified atom stereocenters. The zero-order valence-electron chi connectivity index (χ0n) is 38.5. The third-order valence-corrected chi connectivity index (χ3v) is 15.7. The van der Waals surface area contributed by atoms with Crippen LogP contribution in [0.2, 0.25) is 5.02 Å². The number of rotatable bonds is 12. The van der Waals surface area contributed by atoms with Crippen LogP contribution < -0.4 is 10.2 Å². The molecular weight excluding hydrogens is 862 g/mol. The Labute approximate surface area is 386 Å². The molecule has 352 valence electrons. The van der Waals surface area contributed by atoms with Gasteiger partial charge >= 0.3 is 12.1 Å². The number of epoxide rings is 1. The van der Waals surface area contributed by atoms with Crippen LogP contribution in [-0.4, -0.2) is 113 Å². The van der Waals surface area contributed by atoms with Crippen LogP contribution in [0.3, 0.4) is 0 Å². The second kappa shape index (κ2) is 20.8. The number of carbonyl (C=O) groups is 6. The number of amides is 4. The van der Waals surface area contributed by atoms with E-state index in [4.69, 9.17) is 30.5 Å². The maximum atomic E-state index is 14.2. The minimum absolute atomic E-state index is 0.0660. The molecule has 3 saturated heterocycles. The van der Waals surface area contributed by atoms with Gasteiger partial charge in [0.05, 0.1) is 28.5 Å². The van der Waals surface area contributed by atoms with E-state index < -0.39 is 64.9 Å². The molecule has 14 nitrogen and oxygen atoms in total. The molecule has 4 aliphatic heterocycles. The quantitative estimate of drug-likeness (QED) is 0.0947. The Bertz CT molecular complexity index is 2020. The smallest absolute Gasteiger partial charge is 0.409 e. The average Bonchev–Trinajstić information content (AvgIpc) is 3.88. The van der Waals surface area contributed by atoms with E-state index in [1.54, 1.807) is 20.9 Å². The summed E-state index contributed by atoms with van der Waals surface area (Å²) in [6.45, 7) is 13.3. The molecule has 0 spiro atoms. The van der Waals surface area contributed by atoms with Gasteiger partial charge in [-0.15, -0.1) is 11.8 Å². The maximum Gasteiger partial charge on any atom is 0.409 e. The molecule has 64 heavy (non-hydrogen) atoms. The monoisotopic (exact) mass is 927 g/mol. The first-order chi connectivity index (χ1) is 30.2. The third-order valence-electron chi connectivity index (χ3n) is 13.9. The Kier molecular flexibility index (Phi) is 16.2. The van der Waals surface area contributed by atoms with Crippen LogP contribution >= 0.6 is 23.4 Å². The molecule has 1 saturated carbocycles. The van der Waals surface area contributed by atoms with Crippen molar-refractivity contribution in [3.63, 3.8) is 0 Å². The van der Waals surface area contributed by atoms with E-state index in [0.29, 0.717) is 48.1 Å². The average molecular weight is 929 g/mol. The van der Waals surface area contributed by atoms with Gasteiger partial charge in [-0.1, -0.05) is 62.2 Å². The number of fused-ring (bicyclic) bond motifs is 5. The molecule has 9 atom stereocenters. The minimum Gasteiger partial charge on any atom is -0.457 e. The predicted octanol–water partition coefficient (Wildman–Crippen LogP) is 7.03. The summed E-state index contributed by atoms with van der Waals surface area (Å²) < 4.78 is 24.0. The Hall–Kier alpha value is -3.76. The lowest BCUT2D eigenvalue weighted by molar-refractivity contribution is -0.165. The molecule has 2 N–H and O–H groups in total. The van der Waals surface area contributed by atoms with Crippen LogP contribution in [0.1, 0.15) is 110 Å². The number of imide groups is 1. The number of Topliss-reactive ketones (excluding diaryl/α,β-unsaturated/α-hetero) is 1. The van der Waals surface area contributed by atoms with Crippen LogP contribution in [0.5, 0.6) is 0 Å². The Morgan fingerprint density at radius 1 is 1.08 bits per heavy atom. The van der Waals surface area contributed by atoms with Gasteiger partial charge in [-0.2, -0.15) is 0 Å². The second-order valence-corrected chi connectivity index (χ2v) is 20.5. The van der Waals surface area contributed by atoms with E-state index in [-0.39, 0.29) is 55.4 Å². The Morgan fingerprint density at radius 2 is 1.80 bits per heavy atom. The number of carbonyl (C=O) groups excluding carboxylic acids is 6. The molecule has 6 rings (SSSR count). The van der Waals surface area contributed by atoms with Gasteiger partial charge in [0.2, 0.25) is 17.7 Å². The summed E-state index contributed by atoms with van der Waals surface area (Å²) in [5.41, 5.74) is 0.478. The van der Waals surface area contributed by atoms with Crippen molar-refractivity contribution in [2.45, 2.75) is 154 Å². The Morgan fingerprint density at radius 3 is 2.50 bits per heavy atom. The maximum absolute atomic E-state index is 14.2. The van der Waals surface area contributed by atoms with E-state index in [1.807, 2.05) is 65.0 Å². The van der Waals surface area contributed by atoms with Crippen LogP contribution in [0.25, 0.3) is 0 Å². The number of hydrogen-bond donors (Lipinski definition) is 2. The molecule has 1 aromatic carbocycles. The fraction of sp³-hybridized carbons (Fsp3) is 0.667. The number of anilines is 1. The summed E-state index contributed by atoms with van der Waals surface area (Å²) in [5, 5.41) is 14.3. The molecule has 4 amide bonds. The number of thioether (sulfide) groups is 1. The summed E-state index contributed by atoms with van der Waals surface area (Å²) in [7, 11) is 1.63. The van der Waals surface area contributed by atoms with Gasteiger partial charge in [-0.3, -0.25) is 29.4 Å². The van der Waals surface area contributed by atoms with Crippen molar-refractivity contribution >= 4 is 64.6 Å². The van der Waals surface area contributed by atoms with Crippen LogP contribution in [-0.2, 0) is 49.3 Å².